The molecule has 28 heavy (non-hydrogen) atoms. The number of fused-ring (bicyclic) bond motifs is 4. The number of carbonyl (C=O) groups is 1. The number of carbonyl (C=O) groups excluding carboxylic acids is 1. The van der Waals surface area contributed by atoms with E-state index < -0.39 is 0 Å². The molecule has 0 spiro atoms. The molecule has 2 aliphatic carbocycles. The highest BCUT2D eigenvalue weighted by Crippen LogP contribution is 2.46. The van der Waals surface area contributed by atoms with E-state index in [2.05, 4.69) is 29.0 Å². The molecular weight excluding hydrogens is 344 g/mol. The van der Waals surface area contributed by atoms with Gasteiger partial charge in [0.05, 0.1) is 0 Å². The second kappa shape index (κ2) is 7.82. The van der Waals surface area contributed by atoms with Crippen molar-refractivity contribution in [1.82, 2.24) is 4.90 Å². The van der Waals surface area contributed by atoms with Gasteiger partial charge in [0.1, 0.15) is 0 Å². The fraction of sp³-hybridized carbons (Fsp3) is 0.720. The van der Waals surface area contributed by atoms with Gasteiger partial charge in [-0.15, -0.1) is 0 Å². The molecule has 3 heteroatoms. The van der Waals surface area contributed by atoms with Crippen LogP contribution in [-0.4, -0.2) is 42.4 Å². The summed E-state index contributed by atoms with van der Waals surface area (Å²) in [6.07, 6.45) is 16.6. The molecule has 2 aliphatic heterocycles. The second-order valence-electron chi connectivity index (χ2n) is 10.1. The quantitative estimate of drug-likeness (QED) is 0.663. The van der Waals surface area contributed by atoms with Crippen molar-refractivity contribution in [2.24, 2.45) is 11.8 Å². The molecule has 1 aromatic carbocycles. The van der Waals surface area contributed by atoms with Gasteiger partial charge in [0.25, 0.3) is 0 Å². The van der Waals surface area contributed by atoms with E-state index in [1.807, 2.05) is 12.1 Å². The molecular formula is C25H36N2O. The van der Waals surface area contributed by atoms with Crippen molar-refractivity contribution in [3.05, 3.63) is 29.8 Å². The summed E-state index contributed by atoms with van der Waals surface area (Å²) in [7, 11) is 2.21. The molecule has 4 bridgehead atoms. The molecule has 0 N–H and O–H groups in total. The number of aldehydes is 1. The molecule has 2 heterocycles. The summed E-state index contributed by atoms with van der Waals surface area (Å²) < 4.78 is 0. The van der Waals surface area contributed by atoms with Crippen molar-refractivity contribution in [1.29, 1.82) is 0 Å². The number of para-hydroxylation sites is 1. The van der Waals surface area contributed by atoms with Gasteiger partial charge in [-0.05, 0) is 68.9 Å². The number of rotatable bonds is 4. The largest absolute Gasteiger partial charge is 0.371 e. The molecule has 1 aromatic rings. The van der Waals surface area contributed by atoms with Gasteiger partial charge in [-0.2, -0.15) is 0 Å². The van der Waals surface area contributed by atoms with Crippen LogP contribution in [0.25, 0.3) is 0 Å². The molecule has 4 aliphatic rings. The molecule has 5 rings (SSSR count). The van der Waals surface area contributed by atoms with Crippen LogP contribution in [0.3, 0.4) is 0 Å². The van der Waals surface area contributed by atoms with E-state index in [9.17, 15) is 4.79 Å². The first kappa shape index (κ1) is 18.7. The molecule has 0 aromatic heterocycles. The standard InChI is InChI=1S/C25H36N2O/c1-26(25-11-3-2-8-20(25)17-28)23-15-21-9-5-10-22(16-23)27(21)24-13-18-6-4-7-19(12-18)14-24/h2-3,8,11,17-19,21-24H,4-7,9-10,12-16H2,1H3/t18-,19+,21-,22+,23+,24+. The lowest BCUT2D eigenvalue weighted by molar-refractivity contribution is -0.0405. The Morgan fingerprint density at radius 3 is 2.18 bits per heavy atom. The predicted molar refractivity (Wildman–Crippen MR) is 115 cm³/mol. The number of hydrogen-bond acceptors (Lipinski definition) is 3. The fourth-order valence-corrected chi connectivity index (χ4v) is 7.35. The summed E-state index contributed by atoms with van der Waals surface area (Å²) in [6.45, 7) is 0. The SMILES string of the molecule is CN(c1ccccc1C=O)[C@H]1C[C@H]2CCC[C@@H](C1)N2[C@H]1C[C@@H]2CCC[C@@H](C2)C1. The molecule has 4 fully saturated rings. The van der Waals surface area contributed by atoms with Gasteiger partial charge < -0.3 is 4.90 Å². The average Bonchev–Trinajstić information content (AvgIpc) is 2.72. The highest BCUT2D eigenvalue weighted by Gasteiger charge is 2.45. The van der Waals surface area contributed by atoms with E-state index in [4.69, 9.17) is 0 Å². The van der Waals surface area contributed by atoms with Crippen molar-refractivity contribution in [2.75, 3.05) is 11.9 Å². The predicted octanol–water partition coefficient (Wildman–Crippen LogP) is 5.29. The van der Waals surface area contributed by atoms with Gasteiger partial charge in [0, 0.05) is 42.5 Å². The van der Waals surface area contributed by atoms with Crippen molar-refractivity contribution in [3.63, 3.8) is 0 Å². The fourth-order valence-electron chi connectivity index (χ4n) is 7.35. The van der Waals surface area contributed by atoms with Crippen molar-refractivity contribution >= 4 is 12.0 Å². The van der Waals surface area contributed by atoms with E-state index in [-0.39, 0.29) is 0 Å². The van der Waals surface area contributed by atoms with E-state index >= 15 is 0 Å². The summed E-state index contributed by atoms with van der Waals surface area (Å²) in [4.78, 5) is 17.0. The van der Waals surface area contributed by atoms with Crippen LogP contribution in [0.15, 0.2) is 24.3 Å². The zero-order valence-corrected chi connectivity index (χ0v) is 17.4. The maximum atomic E-state index is 11.5. The maximum absolute atomic E-state index is 11.5. The molecule has 0 unspecified atom stereocenters. The number of nitrogens with zero attached hydrogens (tertiary/aromatic N) is 2. The van der Waals surface area contributed by atoms with Crippen LogP contribution in [0.4, 0.5) is 5.69 Å². The van der Waals surface area contributed by atoms with Crippen LogP contribution in [0.1, 0.15) is 81.0 Å². The first-order valence-electron chi connectivity index (χ1n) is 11.8. The number of hydrogen-bond donors (Lipinski definition) is 0. The van der Waals surface area contributed by atoms with Crippen LogP contribution in [-0.2, 0) is 0 Å². The van der Waals surface area contributed by atoms with Crippen LogP contribution >= 0.6 is 0 Å². The Labute approximate surface area is 170 Å². The van der Waals surface area contributed by atoms with Crippen molar-refractivity contribution < 1.29 is 4.79 Å². The first-order valence-corrected chi connectivity index (χ1v) is 11.8. The lowest BCUT2D eigenvalue weighted by Crippen LogP contribution is -2.61. The third-order valence-electron chi connectivity index (χ3n) is 8.52. The van der Waals surface area contributed by atoms with Crippen molar-refractivity contribution in [3.8, 4) is 0 Å². The van der Waals surface area contributed by atoms with Gasteiger partial charge in [-0.3, -0.25) is 9.69 Å². The van der Waals surface area contributed by atoms with Crippen LogP contribution in [0, 0.1) is 11.8 Å². The minimum atomic E-state index is 0.566. The Morgan fingerprint density at radius 2 is 1.50 bits per heavy atom. The van der Waals surface area contributed by atoms with Crippen LogP contribution in [0.2, 0.25) is 0 Å². The van der Waals surface area contributed by atoms with E-state index in [1.165, 1.54) is 70.6 Å². The number of benzene rings is 1. The van der Waals surface area contributed by atoms with Gasteiger partial charge in [0.15, 0.2) is 6.29 Å². The third-order valence-corrected chi connectivity index (χ3v) is 8.52. The topological polar surface area (TPSA) is 23.6 Å². The molecule has 0 radical (unpaired) electrons. The highest BCUT2D eigenvalue weighted by atomic mass is 16.1. The first-order chi connectivity index (χ1) is 13.7. The molecule has 152 valence electrons. The lowest BCUT2D eigenvalue weighted by atomic mass is 9.68. The second-order valence-corrected chi connectivity index (χ2v) is 10.1. The Hall–Kier alpha value is -1.35. The van der Waals surface area contributed by atoms with Gasteiger partial charge in [0.2, 0.25) is 0 Å². The summed E-state index contributed by atoms with van der Waals surface area (Å²) in [5, 5.41) is 0. The van der Waals surface area contributed by atoms with Crippen LogP contribution < -0.4 is 4.90 Å². The van der Waals surface area contributed by atoms with E-state index in [0.29, 0.717) is 6.04 Å². The van der Waals surface area contributed by atoms with E-state index in [1.54, 1.807) is 0 Å². The Balaban J connectivity index is 1.33. The summed E-state index contributed by atoms with van der Waals surface area (Å²) in [6, 6.07) is 11.0. The molecule has 6 atom stereocenters. The monoisotopic (exact) mass is 380 g/mol. The van der Waals surface area contributed by atoms with E-state index in [0.717, 1.165) is 47.5 Å². The number of piperidine rings is 2. The summed E-state index contributed by atoms with van der Waals surface area (Å²) >= 11 is 0. The highest BCUT2D eigenvalue weighted by molar-refractivity contribution is 5.84. The average molecular weight is 381 g/mol. The molecule has 2 saturated heterocycles. The summed E-state index contributed by atoms with van der Waals surface area (Å²) in [5.74, 6) is 2.02. The zero-order chi connectivity index (χ0) is 19.1. The summed E-state index contributed by atoms with van der Waals surface area (Å²) in [5.41, 5.74) is 1.94. The molecule has 0 amide bonds. The normalized spacial score (nSPS) is 38.0. The Morgan fingerprint density at radius 1 is 0.857 bits per heavy atom. The van der Waals surface area contributed by atoms with Gasteiger partial charge in [-0.1, -0.05) is 37.8 Å². The Bertz CT molecular complexity index is 678. The molecule has 2 saturated carbocycles. The lowest BCUT2D eigenvalue weighted by Gasteiger charge is -2.56. The molecule has 3 nitrogen and oxygen atoms in total. The van der Waals surface area contributed by atoms with Crippen molar-refractivity contribution in [2.45, 2.75) is 94.8 Å². The van der Waals surface area contributed by atoms with Gasteiger partial charge >= 0.3 is 0 Å². The van der Waals surface area contributed by atoms with Gasteiger partial charge in [-0.25, -0.2) is 0 Å². The third kappa shape index (κ3) is 3.40. The smallest absolute Gasteiger partial charge is 0.152 e. The maximum Gasteiger partial charge on any atom is 0.152 e. The minimum absolute atomic E-state index is 0.566. The minimum Gasteiger partial charge on any atom is -0.371 e. The Kier molecular flexibility index (Phi) is 5.21. The number of anilines is 1. The van der Waals surface area contributed by atoms with Crippen LogP contribution in [0.5, 0.6) is 0 Å². The zero-order valence-electron chi connectivity index (χ0n) is 17.4.